The Morgan fingerprint density at radius 2 is 1.58 bits per heavy atom. The lowest BCUT2D eigenvalue weighted by atomic mass is 9.86. The molecule has 0 aliphatic rings. The Kier molecular flexibility index (Phi) is 4.32. The van der Waals surface area contributed by atoms with Gasteiger partial charge in [-0.3, -0.25) is 9.59 Å². The number of nitrogens with one attached hydrogen (secondary N) is 1. The van der Waals surface area contributed by atoms with Crippen LogP contribution in [0.4, 0.5) is 5.69 Å². The summed E-state index contributed by atoms with van der Waals surface area (Å²) in [7, 11) is 1.39. The summed E-state index contributed by atoms with van der Waals surface area (Å²) in [6.07, 6.45) is 0. The van der Waals surface area contributed by atoms with E-state index in [1.165, 1.54) is 7.05 Å². The number of hydrogen-bond donors (Lipinski definition) is 1. The summed E-state index contributed by atoms with van der Waals surface area (Å²) in [5, 5.41) is 16.2. The van der Waals surface area contributed by atoms with Crippen LogP contribution in [-0.2, 0) is 12.5 Å². The average molecular weight is 349 g/mol. The summed E-state index contributed by atoms with van der Waals surface area (Å²) in [4.78, 5) is 25.3. The number of anilines is 1. The smallest absolute Gasteiger partial charge is 0.257 e. The lowest BCUT2D eigenvalue weighted by molar-refractivity contribution is -0.279. The maximum absolute atomic E-state index is 13.0. The molecule has 1 N–H and O–H groups in total. The molecule has 1 aromatic heterocycles. The molecule has 0 saturated carbocycles. The number of rotatable bonds is 2. The second kappa shape index (κ2) is 6.33. The van der Waals surface area contributed by atoms with Crippen LogP contribution >= 0.6 is 0 Å². The van der Waals surface area contributed by atoms with Crippen molar-refractivity contribution in [1.82, 2.24) is 4.57 Å². The summed E-state index contributed by atoms with van der Waals surface area (Å²) in [5.41, 5.74) is 1.02. The molecule has 0 radical (unpaired) electrons. The second-order valence-electron chi connectivity index (χ2n) is 7.34. The largest absolute Gasteiger partial charge is 0.859 e. The van der Waals surface area contributed by atoms with E-state index in [0.29, 0.717) is 16.5 Å². The molecule has 0 bridgehead atoms. The molecule has 134 valence electrons. The van der Waals surface area contributed by atoms with Crippen LogP contribution in [0.1, 0.15) is 36.7 Å². The molecule has 1 amide bonds. The first-order valence-corrected chi connectivity index (χ1v) is 8.41. The predicted molar refractivity (Wildman–Crippen MR) is 102 cm³/mol. The van der Waals surface area contributed by atoms with Crippen molar-refractivity contribution >= 4 is 22.4 Å². The second-order valence-corrected chi connectivity index (χ2v) is 7.34. The van der Waals surface area contributed by atoms with E-state index in [4.69, 9.17) is 0 Å². The SMILES string of the molecule is Cn1c([O-])c(C(=O)Nc2ccccc2C(C)(C)C)c2ccccc2c1=O. The molecule has 3 rings (SSSR count). The summed E-state index contributed by atoms with van der Waals surface area (Å²) >= 11 is 0. The molecule has 0 fully saturated rings. The third-order valence-electron chi connectivity index (χ3n) is 4.46. The van der Waals surface area contributed by atoms with Gasteiger partial charge in [0.1, 0.15) is 0 Å². The van der Waals surface area contributed by atoms with Crippen molar-refractivity contribution in [3.8, 4) is 5.88 Å². The molecule has 2 aromatic carbocycles. The maximum Gasteiger partial charge on any atom is 0.257 e. The molecule has 0 spiro atoms. The fourth-order valence-electron chi connectivity index (χ4n) is 3.09. The van der Waals surface area contributed by atoms with Gasteiger partial charge in [0.15, 0.2) is 0 Å². The summed E-state index contributed by atoms with van der Waals surface area (Å²) in [6.45, 7) is 6.16. The summed E-state index contributed by atoms with van der Waals surface area (Å²) in [6, 6.07) is 14.2. The van der Waals surface area contributed by atoms with Crippen LogP contribution in [0.15, 0.2) is 53.3 Å². The van der Waals surface area contributed by atoms with Crippen molar-refractivity contribution < 1.29 is 9.90 Å². The maximum atomic E-state index is 13.0. The first kappa shape index (κ1) is 17.7. The molecule has 3 aromatic rings. The molecule has 0 aliphatic heterocycles. The van der Waals surface area contributed by atoms with E-state index >= 15 is 0 Å². The van der Waals surface area contributed by atoms with Crippen LogP contribution in [0.25, 0.3) is 10.8 Å². The van der Waals surface area contributed by atoms with Crippen LogP contribution in [-0.4, -0.2) is 10.5 Å². The Labute approximate surface area is 151 Å². The molecule has 0 unspecified atom stereocenters. The van der Waals surface area contributed by atoms with E-state index in [1.54, 1.807) is 24.3 Å². The molecule has 26 heavy (non-hydrogen) atoms. The fraction of sp³-hybridized carbons (Fsp3) is 0.238. The normalized spacial score (nSPS) is 11.5. The van der Waals surface area contributed by atoms with Crippen LogP contribution < -0.4 is 16.0 Å². The molecule has 1 heterocycles. The molecule has 5 nitrogen and oxygen atoms in total. The first-order chi connectivity index (χ1) is 12.2. The number of carbonyl (C=O) groups excluding carboxylic acids is 1. The number of amides is 1. The predicted octanol–water partition coefficient (Wildman–Crippen LogP) is 3.16. The third kappa shape index (κ3) is 2.96. The van der Waals surface area contributed by atoms with Crippen LogP contribution in [0, 0.1) is 0 Å². The lowest BCUT2D eigenvalue weighted by Crippen LogP contribution is -2.26. The van der Waals surface area contributed by atoms with Gasteiger partial charge in [0, 0.05) is 23.5 Å². The van der Waals surface area contributed by atoms with E-state index in [1.807, 2.05) is 24.3 Å². The Morgan fingerprint density at radius 1 is 1.00 bits per heavy atom. The lowest BCUT2D eigenvalue weighted by Gasteiger charge is -2.24. The minimum Gasteiger partial charge on any atom is -0.859 e. The van der Waals surface area contributed by atoms with E-state index < -0.39 is 17.3 Å². The minimum absolute atomic E-state index is 0.0218. The van der Waals surface area contributed by atoms with Gasteiger partial charge in [-0.25, -0.2) is 0 Å². The van der Waals surface area contributed by atoms with Crippen LogP contribution in [0.3, 0.4) is 0 Å². The van der Waals surface area contributed by atoms with Crippen LogP contribution in [0.5, 0.6) is 5.88 Å². The number of fused-ring (bicyclic) bond motifs is 1. The molecule has 5 heteroatoms. The number of para-hydroxylation sites is 1. The van der Waals surface area contributed by atoms with Gasteiger partial charge >= 0.3 is 0 Å². The Hall–Kier alpha value is -3.08. The van der Waals surface area contributed by atoms with Crippen molar-refractivity contribution in [2.75, 3.05) is 5.32 Å². The van der Waals surface area contributed by atoms with Gasteiger partial charge in [-0.1, -0.05) is 57.2 Å². The van der Waals surface area contributed by atoms with Gasteiger partial charge in [0.25, 0.3) is 11.5 Å². The Balaban J connectivity index is 2.15. The van der Waals surface area contributed by atoms with Gasteiger partial charge in [-0.2, -0.15) is 0 Å². The molecule has 0 saturated heterocycles. The van der Waals surface area contributed by atoms with E-state index in [-0.39, 0.29) is 11.0 Å². The van der Waals surface area contributed by atoms with Crippen molar-refractivity contribution in [3.05, 3.63) is 70.0 Å². The van der Waals surface area contributed by atoms with E-state index in [9.17, 15) is 14.7 Å². The Morgan fingerprint density at radius 3 is 2.23 bits per heavy atom. The zero-order valence-corrected chi connectivity index (χ0v) is 15.3. The zero-order chi connectivity index (χ0) is 19.1. The van der Waals surface area contributed by atoms with E-state index in [0.717, 1.165) is 10.1 Å². The average Bonchev–Trinajstić information content (AvgIpc) is 2.59. The standard InChI is InChI=1S/C21H22N2O3/c1-21(2,3)15-11-7-8-12-16(15)22-18(24)17-13-9-5-6-10-14(13)19(25)23(4)20(17)26/h5-12,26H,1-4H3,(H,22,24)/p-1. The topological polar surface area (TPSA) is 74.2 Å². The van der Waals surface area contributed by atoms with E-state index in [2.05, 4.69) is 26.1 Å². The molecular weight excluding hydrogens is 328 g/mol. The van der Waals surface area contributed by atoms with Crippen molar-refractivity contribution in [1.29, 1.82) is 0 Å². The summed E-state index contributed by atoms with van der Waals surface area (Å²) < 4.78 is 0.979. The number of nitrogens with zero attached hydrogens (tertiary/aromatic N) is 1. The monoisotopic (exact) mass is 349 g/mol. The first-order valence-electron chi connectivity index (χ1n) is 8.41. The van der Waals surface area contributed by atoms with Gasteiger partial charge in [0.2, 0.25) is 0 Å². The highest BCUT2D eigenvalue weighted by atomic mass is 16.3. The van der Waals surface area contributed by atoms with Crippen molar-refractivity contribution in [2.45, 2.75) is 26.2 Å². The molecule has 0 aliphatic carbocycles. The fourth-order valence-corrected chi connectivity index (χ4v) is 3.09. The quantitative estimate of drug-likeness (QED) is 0.772. The zero-order valence-electron chi connectivity index (χ0n) is 15.3. The number of pyridine rings is 1. The van der Waals surface area contributed by atoms with Gasteiger partial charge < -0.3 is 15.0 Å². The number of hydrogen-bond acceptors (Lipinski definition) is 3. The van der Waals surface area contributed by atoms with Gasteiger partial charge in [0.05, 0.1) is 5.56 Å². The van der Waals surface area contributed by atoms with Crippen molar-refractivity contribution in [3.63, 3.8) is 0 Å². The minimum atomic E-state index is -0.598. The van der Waals surface area contributed by atoms with Crippen molar-refractivity contribution in [2.24, 2.45) is 7.05 Å². The number of aromatic nitrogens is 1. The Bertz CT molecular complexity index is 1060. The van der Waals surface area contributed by atoms with Crippen LogP contribution in [0.2, 0.25) is 0 Å². The van der Waals surface area contributed by atoms with Gasteiger partial charge in [-0.15, -0.1) is 0 Å². The number of carbonyl (C=O) groups is 1. The highest BCUT2D eigenvalue weighted by Crippen LogP contribution is 2.30. The molecular formula is C21H21N2O3-. The molecule has 0 atom stereocenters. The highest BCUT2D eigenvalue weighted by molar-refractivity contribution is 6.14. The number of benzene rings is 2. The summed E-state index contributed by atoms with van der Waals surface area (Å²) in [5.74, 6) is -1.11. The third-order valence-corrected chi connectivity index (χ3v) is 4.46. The van der Waals surface area contributed by atoms with Gasteiger partial charge in [-0.05, 0) is 29.0 Å². The highest BCUT2D eigenvalue weighted by Gasteiger charge is 2.21.